The summed E-state index contributed by atoms with van der Waals surface area (Å²) in [5, 5.41) is 2.97. The first kappa shape index (κ1) is 21.0. The molecule has 0 saturated heterocycles. The second-order valence-corrected chi connectivity index (χ2v) is 7.81. The Balaban J connectivity index is 1.70. The lowest BCUT2D eigenvalue weighted by molar-refractivity contribution is -0.122. The Hall–Kier alpha value is -3.28. The molecule has 0 unspecified atom stereocenters. The van der Waals surface area contributed by atoms with E-state index in [1.54, 1.807) is 14.2 Å². The summed E-state index contributed by atoms with van der Waals surface area (Å²) < 4.78 is 16.5. The lowest BCUT2D eigenvalue weighted by Crippen LogP contribution is -2.38. The molecule has 0 aromatic heterocycles. The zero-order chi connectivity index (χ0) is 22.0. The van der Waals surface area contributed by atoms with E-state index in [9.17, 15) is 9.59 Å². The van der Waals surface area contributed by atoms with Gasteiger partial charge in [0.25, 0.3) is 0 Å². The lowest BCUT2D eigenvalue weighted by atomic mass is 9.73. The van der Waals surface area contributed by atoms with Gasteiger partial charge in [-0.1, -0.05) is 24.3 Å². The van der Waals surface area contributed by atoms with Gasteiger partial charge in [0.05, 0.1) is 20.8 Å². The quantitative estimate of drug-likeness (QED) is 0.760. The molecule has 2 aromatic rings. The first-order valence-corrected chi connectivity index (χ1v) is 10.5. The van der Waals surface area contributed by atoms with Crippen molar-refractivity contribution in [3.05, 3.63) is 64.9 Å². The number of allylic oxidation sites excluding steroid dienone is 2. The third-order valence-electron chi connectivity index (χ3n) is 6.01. The average molecular weight is 421 g/mol. The molecular formula is C25H27NO5. The number of benzene rings is 2. The number of nitrogens with one attached hydrogen (secondary N) is 1. The summed E-state index contributed by atoms with van der Waals surface area (Å²) in [5.74, 6) is 1.67. The summed E-state index contributed by atoms with van der Waals surface area (Å²) in [4.78, 5) is 25.9. The largest absolute Gasteiger partial charge is 0.494 e. The van der Waals surface area contributed by atoms with Crippen LogP contribution in [0.3, 0.4) is 0 Å². The van der Waals surface area contributed by atoms with Gasteiger partial charge in [-0.05, 0) is 43.0 Å². The monoisotopic (exact) mass is 421 g/mol. The molecule has 4 rings (SSSR count). The number of para-hydroxylation sites is 1. The van der Waals surface area contributed by atoms with Crippen molar-refractivity contribution in [1.82, 2.24) is 5.32 Å². The second kappa shape index (κ2) is 8.84. The van der Waals surface area contributed by atoms with Crippen LogP contribution in [0.2, 0.25) is 0 Å². The second-order valence-electron chi connectivity index (χ2n) is 7.81. The van der Waals surface area contributed by atoms with Crippen LogP contribution >= 0.6 is 0 Å². The number of carbonyl (C=O) groups is 2. The maximum Gasteiger partial charge on any atom is 0.225 e. The van der Waals surface area contributed by atoms with Crippen molar-refractivity contribution in [1.29, 1.82) is 0 Å². The normalized spacial score (nSPS) is 20.7. The zero-order valence-corrected chi connectivity index (χ0v) is 18.1. The lowest BCUT2D eigenvalue weighted by Gasteiger charge is -2.35. The van der Waals surface area contributed by atoms with Gasteiger partial charge in [-0.3, -0.25) is 9.59 Å². The van der Waals surface area contributed by atoms with E-state index in [1.807, 2.05) is 49.4 Å². The van der Waals surface area contributed by atoms with Crippen LogP contribution in [-0.2, 0) is 9.59 Å². The standard InChI is InChI=1S/C25H27NO5/c1-4-31-21-8-6-5-7-17(21)18-14-24(28)26-19-11-16(12-20(27)25(18)19)15-9-10-22(29-2)23(13-15)30-3/h5-10,13,16,18H,4,11-12,14H2,1-3H3,(H,26,28)/t16-,18+/m0/s1. The number of rotatable bonds is 6. The molecule has 6 nitrogen and oxygen atoms in total. The van der Waals surface area contributed by atoms with Crippen molar-refractivity contribution >= 4 is 11.7 Å². The Morgan fingerprint density at radius 1 is 0.935 bits per heavy atom. The first-order valence-electron chi connectivity index (χ1n) is 10.5. The van der Waals surface area contributed by atoms with Crippen molar-refractivity contribution in [2.45, 2.75) is 38.0 Å². The summed E-state index contributed by atoms with van der Waals surface area (Å²) in [6.07, 6.45) is 1.22. The van der Waals surface area contributed by atoms with Crippen molar-refractivity contribution in [3.8, 4) is 17.2 Å². The van der Waals surface area contributed by atoms with E-state index in [2.05, 4.69) is 5.32 Å². The maximum absolute atomic E-state index is 13.3. The van der Waals surface area contributed by atoms with Gasteiger partial charge < -0.3 is 19.5 Å². The third kappa shape index (κ3) is 4.02. The van der Waals surface area contributed by atoms with E-state index >= 15 is 0 Å². The summed E-state index contributed by atoms with van der Waals surface area (Å²) >= 11 is 0. The van der Waals surface area contributed by atoms with E-state index in [4.69, 9.17) is 14.2 Å². The van der Waals surface area contributed by atoms with E-state index in [0.29, 0.717) is 36.5 Å². The number of amides is 1. The minimum Gasteiger partial charge on any atom is -0.494 e. The molecular weight excluding hydrogens is 394 g/mol. The number of carbonyl (C=O) groups excluding carboxylic acids is 2. The Kier molecular flexibility index (Phi) is 5.98. The summed E-state index contributed by atoms with van der Waals surface area (Å²) in [6, 6.07) is 13.4. The number of Topliss-reactive ketones (excluding diaryl/α,β-unsaturated/α-hetero) is 1. The van der Waals surface area contributed by atoms with E-state index in [-0.39, 0.29) is 29.9 Å². The van der Waals surface area contributed by atoms with Gasteiger partial charge in [-0.2, -0.15) is 0 Å². The molecule has 0 bridgehead atoms. The fourth-order valence-electron chi connectivity index (χ4n) is 4.62. The third-order valence-corrected chi connectivity index (χ3v) is 6.01. The SMILES string of the molecule is CCOc1ccccc1[C@H]1CC(=O)NC2=C1C(=O)C[C@@H](c1ccc(OC)c(OC)c1)C2. The summed E-state index contributed by atoms with van der Waals surface area (Å²) in [5.41, 5.74) is 3.32. The van der Waals surface area contributed by atoms with Crippen LogP contribution in [0.5, 0.6) is 17.2 Å². The molecule has 6 heteroatoms. The fraction of sp³-hybridized carbons (Fsp3) is 0.360. The molecule has 0 saturated carbocycles. The number of hydrogen-bond acceptors (Lipinski definition) is 5. The molecule has 162 valence electrons. The fourth-order valence-corrected chi connectivity index (χ4v) is 4.62. The Morgan fingerprint density at radius 3 is 2.45 bits per heavy atom. The van der Waals surface area contributed by atoms with Gasteiger partial charge in [-0.25, -0.2) is 0 Å². The number of methoxy groups -OCH3 is 2. The summed E-state index contributed by atoms with van der Waals surface area (Å²) in [6.45, 7) is 2.45. The van der Waals surface area contributed by atoms with Crippen LogP contribution in [0.4, 0.5) is 0 Å². The van der Waals surface area contributed by atoms with Crippen LogP contribution in [0.1, 0.15) is 49.1 Å². The molecule has 1 aliphatic carbocycles. The molecule has 0 spiro atoms. The highest BCUT2D eigenvalue weighted by Gasteiger charge is 2.39. The van der Waals surface area contributed by atoms with Crippen molar-refractivity contribution in [2.24, 2.45) is 0 Å². The smallest absolute Gasteiger partial charge is 0.225 e. The zero-order valence-electron chi connectivity index (χ0n) is 18.1. The highest BCUT2D eigenvalue weighted by atomic mass is 16.5. The van der Waals surface area contributed by atoms with Crippen LogP contribution in [0, 0.1) is 0 Å². The predicted molar refractivity (Wildman–Crippen MR) is 117 cm³/mol. The molecule has 0 radical (unpaired) electrons. The topological polar surface area (TPSA) is 73.9 Å². The van der Waals surface area contributed by atoms with Crippen molar-refractivity contribution in [3.63, 3.8) is 0 Å². The van der Waals surface area contributed by atoms with Gasteiger partial charge in [0.15, 0.2) is 17.3 Å². The van der Waals surface area contributed by atoms with Gasteiger partial charge in [0, 0.05) is 35.6 Å². The molecule has 2 atom stereocenters. The van der Waals surface area contributed by atoms with Gasteiger partial charge in [-0.15, -0.1) is 0 Å². The Morgan fingerprint density at radius 2 is 1.71 bits per heavy atom. The molecule has 2 aromatic carbocycles. The number of ketones is 1. The van der Waals surface area contributed by atoms with E-state index in [1.165, 1.54) is 0 Å². The van der Waals surface area contributed by atoms with E-state index < -0.39 is 0 Å². The Labute approximate surface area is 182 Å². The molecule has 1 aliphatic heterocycles. The highest BCUT2D eigenvalue weighted by molar-refractivity contribution is 6.02. The highest BCUT2D eigenvalue weighted by Crippen LogP contribution is 2.45. The van der Waals surface area contributed by atoms with Crippen LogP contribution < -0.4 is 19.5 Å². The van der Waals surface area contributed by atoms with E-state index in [0.717, 1.165) is 22.6 Å². The molecule has 1 amide bonds. The molecule has 1 heterocycles. The Bertz CT molecular complexity index is 1040. The first-order chi connectivity index (χ1) is 15.0. The van der Waals surface area contributed by atoms with Crippen LogP contribution in [-0.4, -0.2) is 32.5 Å². The molecule has 2 aliphatic rings. The average Bonchev–Trinajstić information content (AvgIpc) is 2.78. The van der Waals surface area contributed by atoms with Crippen molar-refractivity contribution in [2.75, 3.05) is 20.8 Å². The number of ether oxygens (including phenoxy) is 3. The maximum atomic E-state index is 13.3. The molecule has 1 N–H and O–H groups in total. The van der Waals surface area contributed by atoms with Crippen LogP contribution in [0.25, 0.3) is 0 Å². The minimum atomic E-state index is -0.287. The minimum absolute atomic E-state index is 0.0350. The van der Waals surface area contributed by atoms with Crippen LogP contribution in [0.15, 0.2) is 53.7 Å². The van der Waals surface area contributed by atoms with Gasteiger partial charge >= 0.3 is 0 Å². The van der Waals surface area contributed by atoms with Crippen molar-refractivity contribution < 1.29 is 23.8 Å². The molecule has 31 heavy (non-hydrogen) atoms. The predicted octanol–water partition coefficient (Wildman–Crippen LogP) is 4.11. The van der Waals surface area contributed by atoms with Gasteiger partial charge in [0.1, 0.15) is 5.75 Å². The molecule has 0 fully saturated rings. The van der Waals surface area contributed by atoms with Gasteiger partial charge in [0.2, 0.25) is 5.91 Å². The summed E-state index contributed by atoms with van der Waals surface area (Å²) in [7, 11) is 3.19. The number of hydrogen-bond donors (Lipinski definition) is 1.